The molecule has 2 saturated heterocycles. The Kier molecular flexibility index (Phi) is 3.55. The third-order valence-corrected chi connectivity index (χ3v) is 4.50. The minimum Gasteiger partial charge on any atom is -0.392 e. The van der Waals surface area contributed by atoms with Gasteiger partial charge in [0.15, 0.2) is 6.29 Å². The van der Waals surface area contributed by atoms with Gasteiger partial charge in [0.25, 0.3) is 0 Å². The summed E-state index contributed by atoms with van der Waals surface area (Å²) in [5, 5.41) is 29.8. The van der Waals surface area contributed by atoms with Crippen LogP contribution < -0.4 is 0 Å². The molecule has 2 aliphatic heterocycles. The fourth-order valence-electron chi connectivity index (χ4n) is 3.02. The lowest BCUT2D eigenvalue weighted by atomic mass is 9.69. The van der Waals surface area contributed by atoms with Crippen molar-refractivity contribution in [2.24, 2.45) is 5.41 Å². The molecule has 0 aliphatic carbocycles. The molecule has 2 aliphatic rings. The van der Waals surface area contributed by atoms with Gasteiger partial charge < -0.3 is 24.8 Å². The van der Waals surface area contributed by atoms with Crippen LogP contribution in [0, 0.1) is 5.41 Å². The lowest BCUT2D eigenvalue weighted by molar-refractivity contribution is -0.144. The zero-order chi connectivity index (χ0) is 13.6. The second kappa shape index (κ2) is 4.58. The molecular formula is C13H22O5. The highest BCUT2D eigenvalue weighted by atomic mass is 16.7. The van der Waals surface area contributed by atoms with Gasteiger partial charge in [0.2, 0.25) is 0 Å². The maximum absolute atomic E-state index is 10.7. The van der Waals surface area contributed by atoms with Crippen LogP contribution in [0.5, 0.6) is 0 Å². The highest BCUT2D eigenvalue weighted by molar-refractivity contribution is 5.16. The van der Waals surface area contributed by atoms with Gasteiger partial charge in [-0.3, -0.25) is 0 Å². The quantitative estimate of drug-likeness (QED) is 0.630. The van der Waals surface area contributed by atoms with Crippen LogP contribution in [0.3, 0.4) is 0 Å². The minimum atomic E-state index is -1.15. The molecule has 3 N–H and O–H groups in total. The van der Waals surface area contributed by atoms with Gasteiger partial charge in [-0.25, -0.2) is 0 Å². The lowest BCUT2D eigenvalue weighted by Crippen LogP contribution is -2.54. The topological polar surface area (TPSA) is 79.2 Å². The summed E-state index contributed by atoms with van der Waals surface area (Å²) in [7, 11) is 0. The molecule has 0 radical (unpaired) electrons. The zero-order valence-corrected chi connectivity index (χ0v) is 11.0. The van der Waals surface area contributed by atoms with Crippen LogP contribution in [0.2, 0.25) is 0 Å². The second-order valence-electron chi connectivity index (χ2n) is 5.45. The summed E-state index contributed by atoms with van der Waals surface area (Å²) < 4.78 is 11.3. The first kappa shape index (κ1) is 14.0. The van der Waals surface area contributed by atoms with Crippen LogP contribution in [0.15, 0.2) is 12.2 Å². The third-order valence-electron chi connectivity index (χ3n) is 4.50. The summed E-state index contributed by atoms with van der Waals surface area (Å²) in [4.78, 5) is 0. The first-order valence-electron chi connectivity index (χ1n) is 6.38. The molecule has 0 aromatic heterocycles. The van der Waals surface area contributed by atoms with Gasteiger partial charge in [-0.05, 0) is 20.3 Å². The van der Waals surface area contributed by atoms with Gasteiger partial charge in [0, 0.05) is 0 Å². The normalized spacial score (nSPS) is 52.1. The van der Waals surface area contributed by atoms with E-state index in [1.807, 2.05) is 6.92 Å². The van der Waals surface area contributed by atoms with E-state index in [-0.39, 0.29) is 12.7 Å². The molecule has 5 nitrogen and oxygen atoms in total. The molecule has 0 amide bonds. The number of rotatable bonds is 3. The van der Waals surface area contributed by atoms with Crippen LogP contribution >= 0.6 is 0 Å². The number of hydrogen-bond acceptors (Lipinski definition) is 5. The molecule has 6 atom stereocenters. The molecule has 0 unspecified atom stereocenters. The average molecular weight is 258 g/mol. The van der Waals surface area contributed by atoms with Crippen molar-refractivity contribution >= 4 is 0 Å². The van der Waals surface area contributed by atoms with Gasteiger partial charge >= 0.3 is 0 Å². The summed E-state index contributed by atoms with van der Waals surface area (Å²) >= 11 is 0. The summed E-state index contributed by atoms with van der Waals surface area (Å²) in [5.41, 5.74) is -2.01. The largest absolute Gasteiger partial charge is 0.392 e. The van der Waals surface area contributed by atoms with Gasteiger partial charge in [-0.1, -0.05) is 19.1 Å². The minimum absolute atomic E-state index is 0.108. The Morgan fingerprint density at radius 2 is 1.94 bits per heavy atom. The Morgan fingerprint density at radius 1 is 1.28 bits per heavy atom. The van der Waals surface area contributed by atoms with Crippen molar-refractivity contribution in [1.82, 2.24) is 0 Å². The first-order valence-corrected chi connectivity index (χ1v) is 6.38. The number of hydrogen-bond donors (Lipinski definition) is 3. The van der Waals surface area contributed by atoms with Crippen LogP contribution in [-0.2, 0) is 9.47 Å². The summed E-state index contributed by atoms with van der Waals surface area (Å²) in [6.07, 6.45) is 1.39. The van der Waals surface area contributed by atoms with E-state index in [4.69, 9.17) is 14.6 Å². The van der Waals surface area contributed by atoms with E-state index in [0.29, 0.717) is 6.42 Å². The smallest absolute Gasteiger partial charge is 0.169 e. The number of ether oxygens (including phenoxy) is 2. The highest BCUT2D eigenvalue weighted by Crippen LogP contribution is 2.55. The summed E-state index contributed by atoms with van der Waals surface area (Å²) in [5.74, 6) is 0. The van der Waals surface area contributed by atoms with Gasteiger partial charge in [0.1, 0.15) is 11.7 Å². The molecule has 0 saturated carbocycles. The fourth-order valence-corrected chi connectivity index (χ4v) is 3.02. The Hall–Kier alpha value is -0.460. The maximum Gasteiger partial charge on any atom is 0.169 e. The Balaban J connectivity index is 2.27. The average Bonchev–Trinajstić information content (AvgIpc) is 2.68. The Bertz CT molecular complexity index is 340. The summed E-state index contributed by atoms with van der Waals surface area (Å²) in [6.45, 7) is 5.29. The van der Waals surface area contributed by atoms with Crippen molar-refractivity contribution < 1.29 is 24.8 Å². The number of fused-ring (bicyclic) bond motifs is 1. The van der Waals surface area contributed by atoms with Crippen molar-refractivity contribution in [3.63, 3.8) is 0 Å². The van der Waals surface area contributed by atoms with Gasteiger partial charge in [0.05, 0.1) is 24.2 Å². The van der Waals surface area contributed by atoms with Crippen molar-refractivity contribution in [2.45, 2.75) is 57.4 Å². The maximum atomic E-state index is 10.7. The highest BCUT2D eigenvalue weighted by Gasteiger charge is 2.69. The van der Waals surface area contributed by atoms with Crippen molar-refractivity contribution in [3.8, 4) is 0 Å². The zero-order valence-electron chi connectivity index (χ0n) is 11.0. The molecule has 0 bridgehead atoms. The standard InChI is InChI=1S/C13H22O5/c1-4-9-13(3,16)12(2)10(15)8(6-5-7-14)17-11(12)18-9/h5-6,8-11,14-16H,4,7H2,1-3H3/b6-5+/t8-,9-,10+,11+,12+,13+/m1/s1. The summed E-state index contributed by atoms with van der Waals surface area (Å²) in [6, 6.07) is 0. The van der Waals surface area contributed by atoms with Gasteiger partial charge in [-0.2, -0.15) is 0 Å². The van der Waals surface area contributed by atoms with E-state index >= 15 is 0 Å². The molecule has 2 rings (SSSR count). The van der Waals surface area contributed by atoms with Crippen LogP contribution in [0.25, 0.3) is 0 Å². The van der Waals surface area contributed by atoms with Crippen LogP contribution in [0.1, 0.15) is 27.2 Å². The van der Waals surface area contributed by atoms with E-state index < -0.39 is 29.5 Å². The Labute approximate surface area is 107 Å². The van der Waals surface area contributed by atoms with Crippen molar-refractivity contribution in [3.05, 3.63) is 12.2 Å². The van der Waals surface area contributed by atoms with Crippen LogP contribution in [-0.4, -0.2) is 52.1 Å². The van der Waals surface area contributed by atoms with E-state index in [0.717, 1.165) is 0 Å². The van der Waals surface area contributed by atoms with E-state index in [1.165, 1.54) is 6.08 Å². The lowest BCUT2D eigenvalue weighted by Gasteiger charge is -2.38. The first-order chi connectivity index (χ1) is 8.39. The van der Waals surface area contributed by atoms with E-state index in [9.17, 15) is 10.2 Å². The SMILES string of the molecule is CC[C@H]1O[C@@H]2O[C@H](/C=C/CO)[C@H](O)[C@]2(C)[C@@]1(C)O. The third kappa shape index (κ3) is 1.66. The molecule has 18 heavy (non-hydrogen) atoms. The van der Waals surface area contributed by atoms with E-state index in [1.54, 1.807) is 19.9 Å². The van der Waals surface area contributed by atoms with Crippen molar-refractivity contribution in [1.29, 1.82) is 0 Å². The number of aliphatic hydroxyl groups excluding tert-OH is 2. The van der Waals surface area contributed by atoms with E-state index in [2.05, 4.69) is 0 Å². The van der Waals surface area contributed by atoms with Crippen LogP contribution in [0.4, 0.5) is 0 Å². The molecule has 2 heterocycles. The second-order valence-corrected chi connectivity index (χ2v) is 5.45. The molecule has 5 heteroatoms. The number of aliphatic hydroxyl groups is 3. The molecule has 0 spiro atoms. The monoisotopic (exact) mass is 258 g/mol. The molecule has 2 fully saturated rings. The predicted molar refractivity (Wildman–Crippen MR) is 64.8 cm³/mol. The molecule has 0 aromatic rings. The fraction of sp³-hybridized carbons (Fsp3) is 0.846. The van der Waals surface area contributed by atoms with Crippen molar-refractivity contribution in [2.75, 3.05) is 6.61 Å². The van der Waals surface area contributed by atoms with Gasteiger partial charge in [-0.15, -0.1) is 0 Å². The predicted octanol–water partition coefficient (Wildman–Crippen LogP) is 0.187. The molecule has 0 aromatic carbocycles. The molecular weight excluding hydrogens is 236 g/mol. The Morgan fingerprint density at radius 3 is 2.44 bits per heavy atom. The molecule has 104 valence electrons.